The van der Waals surface area contributed by atoms with E-state index in [4.69, 9.17) is 9.47 Å². The molecular formula is C10H17N5O3. The molecule has 1 unspecified atom stereocenters. The number of methoxy groups -OCH3 is 1. The molecular weight excluding hydrogens is 238 g/mol. The molecule has 2 rings (SSSR count). The molecule has 0 radical (unpaired) electrons. The van der Waals surface area contributed by atoms with Crippen molar-refractivity contribution in [1.82, 2.24) is 15.0 Å². The fourth-order valence-electron chi connectivity index (χ4n) is 1.75. The van der Waals surface area contributed by atoms with Crippen LogP contribution in [0, 0.1) is 0 Å². The smallest absolute Gasteiger partial charge is 0.322 e. The minimum absolute atomic E-state index is 0.0110. The maximum absolute atomic E-state index is 9.34. The highest BCUT2D eigenvalue weighted by atomic mass is 16.5. The summed E-state index contributed by atoms with van der Waals surface area (Å²) in [5, 5.41) is 12.2. The summed E-state index contributed by atoms with van der Waals surface area (Å²) in [6.07, 6.45) is 0. The zero-order valence-electron chi connectivity index (χ0n) is 10.5. The molecule has 0 aliphatic carbocycles. The van der Waals surface area contributed by atoms with Gasteiger partial charge in [0.15, 0.2) is 0 Å². The second-order valence-electron chi connectivity index (χ2n) is 3.80. The zero-order valence-corrected chi connectivity index (χ0v) is 10.5. The molecule has 0 bridgehead atoms. The minimum atomic E-state index is -0.143. The van der Waals surface area contributed by atoms with E-state index in [2.05, 4.69) is 20.3 Å². The van der Waals surface area contributed by atoms with Gasteiger partial charge in [0, 0.05) is 13.6 Å². The summed E-state index contributed by atoms with van der Waals surface area (Å²) < 4.78 is 10.4. The molecule has 0 spiro atoms. The number of ether oxygens (including phenoxy) is 2. The van der Waals surface area contributed by atoms with Gasteiger partial charge in [0.05, 0.1) is 33.0 Å². The Hall–Kier alpha value is -1.67. The average Bonchev–Trinajstić information content (AvgIpc) is 2.46. The number of nitrogens with one attached hydrogen (secondary N) is 1. The second-order valence-corrected chi connectivity index (χ2v) is 3.80. The SMILES string of the molecule is CNc1nc(OC)nc(N2CCOCC2CO)n1. The molecule has 1 aliphatic heterocycles. The topological polar surface area (TPSA) is 92.6 Å². The highest BCUT2D eigenvalue weighted by Crippen LogP contribution is 2.18. The first-order chi connectivity index (χ1) is 8.78. The molecule has 0 amide bonds. The Morgan fingerprint density at radius 2 is 2.33 bits per heavy atom. The van der Waals surface area contributed by atoms with Crippen molar-refractivity contribution in [2.45, 2.75) is 6.04 Å². The third kappa shape index (κ3) is 2.59. The second kappa shape index (κ2) is 5.78. The molecule has 8 nitrogen and oxygen atoms in total. The van der Waals surface area contributed by atoms with E-state index in [1.807, 2.05) is 4.90 Å². The molecule has 0 saturated carbocycles. The summed E-state index contributed by atoms with van der Waals surface area (Å²) in [5.41, 5.74) is 0. The first-order valence-corrected chi connectivity index (χ1v) is 5.71. The number of aliphatic hydroxyl groups is 1. The lowest BCUT2D eigenvalue weighted by atomic mass is 10.2. The largest absolute Gasteiger partial charge is 0.467 e. The molecule has 1 aromatic heterocycles. The Bertz CT molecular complexity index is 381. The van der Waals surface area contributed by atoms with Crippen LogP contribution in [0.5, 0.6) is 6.01 Å². The van der Waals surface area contributed by atoms with Crippen molar-refractivity contribution in [2.75, 3.05) is 50.7 Å². The predicted octanol–water partition coefficient (Wildman–Crippen LogP) is -0.881. The normalized spacial score (nSPS) is 19.7. The van der Waals surface area contributed by atoms with Gasteiger partial charge in [0.25, 0.3) is 0 Å². The molecule has 1 saturated heterocycles. The van der Waals surface area contributed by atoms with Crippen LogP contribution >= 0.6 is 0 Å². The summed E-state index contributed by atoms with van der Waals surface area (Å²) in [7, 11) is 3.22. The Kier molecular flexibility index (Phi) is 4.11. The van der Waals surface area contributed by atoms with Crippen molar-refractivity contribution < 1.29 is 14.6 Å². The number of nitrogens with zero attached hydrogens (tertiary/aromatic N) is 4. The van der Waals surface area contributed by atoms with Crippen LogP contribution in [0.4, 0.5) is 11.9 Å². The van der Waals surface area contributed by atoms with Crippen LogP contribution in [-0.2, 0) is 4.74 Å². The Morgan fingerprint density at radius 3 is 3.00 bits per heavy atom. The molecule has 8 heteroatoms. The molecule has 2 N–H and O–H groups in total. The van der Waals surface area contributed by atoms with Gasteiger partial charge in [0.2, 0.25) is 11.9 Å². The van der Waals surface area contributed by atoms with E-state index in [9.17, 15) is 5.11 Å². The fraction of sp³-hybridized carbons (Fsp3) is 0.700. The number of aliphatic hydroxyl groups excluding tert-OH is 1. The van der Waals surface area contributed by atoms with Crippen LogP contribution in [0.1, 0.15) is 0 Å². The summed E-state index contributed by atoms with van der Waals surface area (Å²) in [6.45, 7) is 1.66. The van der Waals surface area contributed by atoms with Gasteiger partial charge < -0.3 is 24.8 Å². The number of aromatic nitrogens is 3. The Balaban J connectivity index is 2.29. The summed E-state index contributed by atoms with van der Waals surface area (Å²) in [4.78, 5) is 14.4. The first kappa shape index (κ1) is 12.8. The number of anilines is 2. The maximum atomic E-state index is 9.34. The van der Waals surface area contributed by atoms with Crippen molar-refractivity contribution in [3.63, 3.8) is 0 Å². The van der Waals surface area contributed by atoms with E-state index < -0.39 is 0 Å². The number of hydrogen-bond acceptors (Lipinski definition) is 8. The van der Waals surface area contributed by atoms with Crippen LogP contribution in [-0.4, -0.2) is 66.6 Å². The van der Waals surface area contributed by atoms with Crippen LogP contribution in [0.2, 0.25) is 0 Å². The lowest BCUT2D eigenvalue weighted by Gasteiger charge is -2.34. The van der Waals surface area contributed by atoms with E-state index in [1.54, 1.807) is 7.05 Å². The van der Waals surface area contributed by atoms with Crippen LogP contribution < -0.4 is 15.0 Å². The lowest BCUT2D eigenvalue weighted by Crippen LogP contribution is -2.48. The summed E-state index contributed by atoms with van der Waals surface area (Å²) >= 11 is 0. The first-order valence-electron chi connectivity index (χ1n) is 5.71. The van der Waals surface area contributed by atoms with Crippen molar-refractivity contribution in [2.24, 2.45) is 0 Å². The molecule has 2 heterocycles. The van der Waals surface area contributed by atoms with E-state index in [0.717, 1.165) is 0 Å². The number of hydrogen-bond donors (Lipinski definition) is 2. The Morgan fingerprint density at radius 1 is 1.50 bits per heavy atom. The predicted molar refractivity (Wildman–Crippen MR) is 65.0 cm³/mol. The molecule has 0 aromatic carbocycles. The maximum Gasteiger partial charge on any atom is 0.322 e. The van der Waals surface area contributed by atoms with Crippen LogP contribution in [0.15, 0.2) is 0 Å². The molecule has 1 aliphatic rings. The monoisotopic (exact) mass is 255 g/mol. The van der Waals surface area contributed by atoms with Crippen molar-refractivity contribution in [3.8, 4) is 6.01 Å². The van der Waals surface area contributed by atoms with Gasteiger partial charge >= 0.3 is 6.01 Å². The quantitative estimate of drug-likeness (QED) is 0.716. The Labute approximate surface area is 105 Å². The van der Waals surface area contributed by atoms with Gasteiger partial charge in [-0.3, -0.25) is 0 Å². The third-order valence-corrected chi connectivity index (χ3v) is 2.70. The lowest BCUT2D eigenvalue weighted by molar-refractivity contribution is 0.0717. The zero-order chi connectivity index (χ0) is 13.0. The van der Waals surface area contributed by atoms with E-state index in [-0.39, 0.29) is 18.7 Å². The summed E-state index contributed by atoms with van der Waals surface area (Å²) in [6, 6.07) is 0.100. The molecule has 1 aromatic rings. The van der Waals surface area contributed by atoms with E-state index in [1.165, 1.54) is 7.11 Å². The molecule has 1 atom stereocenters. The van der Waals surface area contributed by atoms with Gasteiger partial charge in [-0.1, -0.05) is 0 Å². The minimum Gasteiger partial charge on any atom is -0.467 e. The summed E-state index contributed by atoms with van der Waals surface area (Å²) in [5.74, 6) is 0.911. The van der Waals surface area contributed by atoms with Gasteiger partial charge in [-0.05, 0) is 0 Å². The van der Waals surface area contributed by atoms with Crippen LogP contribution in [0.25, 0.3) is 0 Å². The van der Waals surface area contributed by atoms with Crippen molar-refractivity contribution in [3.05, 3.63) is 0 Å². The van der Waals surface area contributed by atoms with E-state index >= 15 is 0 Å². The van der Waals surface area contributed by atoms with Gasteiger partial charge in [-0.2, -0.15) is 15.0 Å². The average molecular weight is 255 g/mol. The van der Waals surface area contributed by atoms with Gasteiger partial charge in [-0.25, -0.2) is 0 Å². The third-order valence-electron chi connectivity index (χ3n) is 2.70. The highest BCUT2D eigenvalue weighted by Gasteiger charge is 2.25. The van der Waals surface area contributed by atoms with E-state index in [0.29, 0.717) is 31.7 Å². The number of rotatable bonds is 4. The molecule has 1 fully saturated rings. The fourth-order valence-corrected chi connectivity index (χ4v) is 1.75. The standard InChI is InChI=1S/C10H17N5O3/c1-11-8-12-9(14-10(13-8)17-2)15-3-4-18-6-7(15)5-16/h7,16H,3-6H2,1-2H3,(H,11,12,13,14). The molecule has 100 valence electrons. The van der Waals surface area contributed by atoms with Gasteiger partial charge in [0.1, 0.15) is 0 Å². The molecule has 18 heavy (non-hydrogen) atoms. The van der Waals surface area contributed by atoms with Crippen molar-refractivity contribution in [1.29, 1.82) is 0 Å². The highest BCUT2D eigenvalue weighted by molar-refractivity contribution is 5.39. The van der Waals surface area contributed by atoms with Gasteiger partial charge in [-0.15, -0.1) is 0 Å². The van der Waals surface area contributed by atoms with Crippen LogP contribution in [0.3, 0.4) is 0 Å². The van der Waals surface area contributed by atoms with Crippen molar-refractivity contribution >= 4 is 11.9 Å². The number of morpholine rings is 1.